The number of aromatic amines is 1. The van der Waals surface area contributed by atoms with E-state index < -0.39 is 0 Å². The average molecular weight is 334 g/mol. The summed E-state index contributed by atoms with van der Waals surface area (Å²) in [5.41, 5.74) is 2.87. The van der Waals surface area contributed by atoms with E-state index in [0.29, 0.717) is 16.0 Å². The quantitative estimate of drug-likeness (QED) is 0.796. The molecule has 0 aliphatic rings. The second kappa shape index (κ2) is 5.01. The van der Waals surface area contributed by atoms with Crippen LogP contribution in [0.5, 0.6) is 0 Å². The fourth-order valence-corrected chi connectivity index (χ4v) is 2.72. The number of nitrogens with zero attached hydrogens (tertiary/aromatic N) is 1. The van der Waals surface area contributed by atoms with Gasteiger partial charge in [0.2, 0.25) is 0 Å². The largest absolute Gasteiger partial charge is 0.281 e. The molecule has 2 rings (SSSR count). The molecule has 0 saturated carbocycles. The third kappa shape index (κ3) is 2.51. The molecule has 0 unspecified atom stereocenters. The van der Waals surface area contributed by atoms with Crippen LogP contribution in [0.4, 0.5) is 0 Å². The van der Waals surface area contributed by atoms with E-state index in [2.05, 4.69) is 40.0 Å². The Labute approximate surface area is 118 Å². The van der Waals surface area contributed by atoms with E-state index in [1.165, 1.54) is 0 Å². The highest BCUT2D eigenvalue weighted by Crippen LogP contribution is 2.34. The summed E-state index contributed by atoms with van der Waals surface area (Å²) in [4.78, 5) is 0. The number of rotatable bonds is 2. The Balaban J connectivity index is 2.50. The van der Waals surface area contributed by atoms with E-state index in [1.54, 1.807) is 6.07 Å². The highest BCUT2D eigenvalue weighted by molar-refractivity contribution is 9.10. The van der Waals surface area contributed by atoms with Gasteiger partial charge in [-0.1, -0.05) is 43.1 Å². The van der Waals surface area contributed by atoms with Crippen molar-refractivity contribution in [3.8, 4) is 11.3 Å². The van der Waals surface area contributed by atoms with Crippen molar-refractivity contribution in [2.24, 2.45) is 0 Å². The van der Waals surface area contributed by atoms with Crippen LogP contribution in [0.1, 0.15) is 25.5 Å². The van der Waals surface area contributed by atoms with Gasteiger partial charge in [0, 0.05) is 5.56 Å². The summed E-state index contributed by atoms with van der Waals surface area (Å²) in [6.45, 7) is 4.22. The highest BCUT2D eigenvalue weighted by atomic mass is 79.9. The normalized spacial score (nSPS) is 11.2. The minimum atomic E-state index is 0.383. The Morgan fingerprint density at radius 2 is 1.94 bits per heavy atom. The molecule has 90 valence electrons. The van der Waals surface area contributed by atoms with E-state index in [-0.39, 0.29) is 0 Å². The Morgan fingerprint density at radius 1 is 1.24 bits per heavy atom. The first-order chi connectivity index (χ1) is 8.00. The molecular weight excluding hydrogens is 323 g/mol. The zero-order valence-electron chi connectivity index (χ0n) is 9.39. The van der Waals surface area contributed by atoms with Crippen molar-refractivity contribution in [3.63, 3.8) is 0 Å². The number of benzene rings is 1. The number of aromatic nitrogens is 2. The van der Waals surface area contributed by atoms with Gasteiger partial charge in [-0.05, 0) is 34.0 Å². The molecule has 0 aliphatic carbocycles. The molecule has 1 aromatic heterocycles. The Bertz CT molecular complexity index is 549. The molecule has 0 saturated heterocycles. The fourth-order valence-electron chi connectivity index (χ4n) is 1.56. The zero-order chi connectivity index (χ0) is 12.6. The second-order valence-electron chi connectivity index (χ2n) is 4.08. The van der Waals surface area contributed by atoms with Crippen molar-refractivity contribution in [3.05, 3.63) is 38.4 Å². The SMILES string of the molecule is CC(C)c1[nH]nc(-c2ccc(Cl)c(Cl)c2)c1Br. The standard InChI is InChI=1S/C12H11BrCl2N2/c1-6(2)11-10(13)12(17-16-11)7-3-4-8(14)9(15)5-7/h3-6H,1-2H3,(H,16,17). The number of H-pyrrole nitrogens is 1. The van der Waals surface area contributed by atoms with Crippen molar-refractivity contribution >= 4 is 39.1 Å². The molecule has 1 N–H and O–H groups in total. The van der Waals surface area contributed by atoms with E-state index in [4.69, 9.17) is 23.2 Å². The summed E-state index contributed by atoms with van der Waals surface area (Å²) in [6.07, 6.45) is 0. The van der Waals surface area contributed by atoms with Gasteiger partial charge in [-0.25, -0.2) is 0 Å². The lowest BCUT2D eigenvalue weighted by Crippen LogP contribution is -1.87. The van der Waals surface area contributed by atoms with Crippen molar-refractivity contribution in [1.82, 2.24) is 10.2 Å². The van der Waals surface area contributed by atoms with Gasteiger partial charge in [-0.2, -0.15) is 5.10 Å². The van der Waals surface area contributed by atoms with Crippen LogP contribution in [0.3, 0.4) is 0 Å². The number of hydrogen-bond acceptors (Lipinski definition) is 1. The first-order valence-electron chi connectivity index (χ1n) is 5.20. The summed E-state index contributed by atoms with van der Waals surface area (Å²) >= 11 is 15.5. The maximum atomic E-state index is 6.00. The molecule has 1 aromatic carbocycles. The molecule has 0 atom stereocenters. The Hall–Kier alpha value is -0.510. The van der Waals surface area contributed by atoms with Gasteiger partial charge in [-0.15, -0.1) is 0 Å². The first-order valence-corrected chi connectivity index (χ1v) is 6.74. The summed E-state index contributed by atoms with van der Waals surface area (Å²) in [5.74, 6) is 0.383. The molecule has 2 nitrogen and oxygen atoms in total. The molecule has 0 radical (unpaired) electrons. The third-order valence-electron chi connectivity index (χ3n) is 2.50. The van der Waals surface area contributed by atoms with Gasteiger partial charge >= 0.3 is 0 Å². The van der Waals surface area contributed by atoms with Crippen LogP contribution in [0.2, 0.25) is 10.0 Å². The zero-order valence-corrected chi connectivity index (χ0v) is 12.5. The molecule has 2 aromatic rings. The molecule has 0 aliphatic heterocycles. The van der Waals surface area contributed by atoms with E-state index in [0.717, 1.165) is 21.4 Å². The van der Waals surface area contributed by atoms with Crippen LogP contribution in [0, 0.1) is 0 Å². The van der Waals surface area contributed by atoms with Crippen LogP contribution in [-0.2, 0) is 0 Å². The molecule has 1 heterocycles. The van der Waals surface area contributed by atoms with Crippen molar-refractivity contribution in [2.75, 3.05) is 0 Å². The third-order valence-corrected chi connectivity index (χ3v) is 4.04. The second-order valence-corrected chi connectivity index (χ2v) is 5.69. The molecule has 0 amide bonds. The van der Waals surface area contributed by atoms with Crippen molar-refractivity contribution in [1.29, 1.82) is 0 Å². The molecule has 0 fully saturated rings. The van der Waals surface area contributed by atoms with Crippen LogP contribution in [0.25, 0.3) is 11.3 Å². The summed E-state index contributed by atoms with van der Waals surface area (Å²) in [7, 11) is 0. The average Bonchev–Trinajstić information content (AvgIpc) is 2.64. The smallest absolute Gasteiger partial charge is 0.107 e. The van der Waals surface area contributed by atoms with Crippen LogP contribution < -0.4 is 0 Å². The summed E-state index contributed by atoms with van der Waals surface area (Å²) in [5, 5.41) is 8.42. The molecule has 0 spiro atoms. The summed E-state index contributed by atoms with van der Waals surface area (Å²) < 4.78 is 0.978. The predicted octanol–water partition coefficient (Wildman–Crippen LogP) is 5.27. The van der Waals surface area contributed by atoms with Crippen molar-refractivity contribution in [2.45, 2.75) is 19.8 Å². The fraction of sp³-hybridized carbons (Fsp3) is 0.250. The first kappa shape index (κ1) is 12.9. The van der Waals surface area contributed by atoms with Gasteiger partial charge in [0.15, 0.2) is 0 Å². The molecular formula is C12H11BrCl2N2. The van der Waals surface area contributed by atoms with Gasteiger partial charge < -0.3 is 0 Å². The van der Waals surface area contributed by atoms with Gasteiger partial charge in [-0.3, -0.25) is 5.10 Å². The number of hydrogen-bond donors (Lipinski definition) is 1. The lowest BCUT2D eigenvalue weighted by molar-refractivity contribution is 0.807. The van der Waals surface area contributed by atoms with Gasteiger partial charge in [0.1, 0.15) is 5.69 Å². The minimum absolute atomic E-state index is 0.383. The van der Waals surface area contributed by atoms with Gasteiger partial charge in [0.05, 0.1) is 20.2 Å². The number of nitrogens with one attached hydrogen (secondary N) is 1. The maximum absolute atomic E-state index is 6.00. The minimum Gasteiger partial charge on any atom is -0.281 e. The van der Waals surface area contributed by atoms with Crippen LogP contribution in [-0.4, -0.2) is 10.2 Å². The lowest BCUT2D eigenvalue weighted by Gasteiger charge is -2.03. The molecule has 0 bridgehead atoms. The van der Waals surface area contributed by atoms with E-state index >= 15 is 0 Å². The maximum Gasteiger partial charge on any atom is 0.107 e. The lowest BCUT2D eigenvalue weighted by atomic mass is 10.1. The van der Waals surface area contributed by atoms with Crippen LogP contribution >= 0.6 is 39.1 Å². The Kier molecular flexibility index (Phi) is 3.81. The highest BCUT2D eigenvalue weighted by Gasteiger charge is 2.15. The predicted molar refractivity (Wildman–Crippen MR) is 75.8 cm³/mol. The van der Waals surface area contributed by atoms with E-state index in [9.17, 15) is 0 Å². The Morgan fingerprint density at radius 3 is 2.47 bits per heavy atom. The van der Waals surface area contributed by atoms with Crippen LogP contribution in [0.15, 0.2) is 22.7 Å². The molecule has 17 heavy (non-hydrogen) atoms. The topological polar surface area (TPSA) is 28.7 Å². The molecule has 5 heteroatoms. The number of halogens is 3. The van der Waals surface area contributed by atoms with Crippen molar-refractivity contribution < 1.29 is 0 Å². The summed E-state index contributed by atoms with van der Waals surface area (Å²) in [6, 6.07) is 5.49. The monoisotopic (exact) mass is 332 g/mol. The van der Waals surface area contributed by atoms with Gasteiger partial charge in [0.25, 0.3) is 0 Å². The van der Waals surface area contributed by atoms with E-state index in [1.807, 2.05) is 12.1 Å².